The molecule has 0 heterocycles. The van der Waals surface area contributed by atoms with Crippen molar-refractivity contribution in [2.75, 3.05) is 13.2 Å². The fraction of sp³-hybridized carbons (Fsp3) is 0.917. The molecule has 16 heavy (non-hydrogen) atoms. The van der Waals surface area contributed by atoms with E-state index in [0.717, 1.165) is 0 Å². The summed E-state index contributed by atoms with van der Waals surface area (Å²) < 4.78 is 0. The van der Waals surface area contributed by atoms with Gasteiger partial charge in [0.05, 0.1) is 6.54 Å². The fourth-order valence-corrected chi connectivity index (χ4v) is 1.50. The Morgan fingerprint density at radius 2 is 1.88 bits per heavy atom. The van der Waals surface area contributed by atoms with Crippen molar-refractivity contribution in [3.63, 3.8) is 0 Å². The molecule has 1 unspecified atom stereocenters. The third kappa shape index (κ3) is 7.65. The van der Waals surface area contributed by atoms with E-state index in [4.69, 9.17) is 5.11 Å². The molecular weight excluding hydrogens is 204 g/mol. The molecule has 0 saturated heterocycles. The zero-order chi connectivity index (χ0) is 12.8. The van der Waals surface area contributed by atoms with Crippen molar-refractivity contribution >= 4 is 5.91 Å². The molecule has 0 aromatic carbocycles. The first-order valence-corrected chi connectivity index (χ1v) is 5.91. The Morgan fingerprint density at radius 1 is 1.31 bits per heavy atom. The third-order valence-electron chi connectivity index (χ3n) is 2.28. The molecule has 0 fully saturated rings. The van der Waals surface area contributed by atoms with Crippen LogP contribution in [0.25, 0.3) is 0 Å². The Balaban J connectivity index is 3.97. The van der Waals surface area contributed by atoms with Crippen LogP contribution in [0.15, 0.2) is 0 Å². The van der Waals surface area contributed by atoms with E-state index in [2.05, 4.69) is 24.5 Å². The number of aliphatic hydroxyl groups excluding tert-OH is 1. The Hall–Kier alpha value is -0.610. The molecule has 0 aliphatic carbocycles. The molecule has 0 saturated carbocycles. The molecule has 96 valence electrons. The molecule has 1 atom stereocenters. The summed E-state index contributed by atoms with van der Waals surface area (Å²) in [5.41, 5.74) is -0.191. The first kappa shape index (κ1) is 15.4. The highest BCUT2D eigenvalue weighted by molar-refractivity contribution is 5.78. The van der Waals surface area contributed by atoms with E-state index >= 15 is 0 Å². The lowest BCUT2D eigenvalue weighted by molar-refractivity contribution is -0.121. The van der Waals surface area contributed by atoms with Crippen molar-refractivity contribution in [3.05, 3.63) is 0 Å². The molecule has 0 aromatic rings. The van der Waals surface area contributed by atoms with Gasteiger partial charge in [-0.05, 0) is 33.1 Å². The monoisotopic (exact) mass is 230 g/mol. The molecule has 0 aromatic heterocycles. The highest BCUT2D eigenvalue weighted by Gasteiger charge is 2.16. The maximum absolute atomic E-state index is 11.6. The number of hydrogen-bond donors (Lipinski definition) is 3. The average Bonchev–Trinajstić information content (AvgIpc) is 2.08. The lowest BCUT2D eigenvalue weighted by Gasteiger charge is -2.24. The van der Waals surface area contributed by atoms with E-state index in [-0.39, 0.29) is 24.1 Å². The highest BCUT2D eigenvalue weighted by atomic mass is 16.3. The number of hydrogen-bond acceptors (Lipinski definition) is 3. The van der Waals surface area contributed by atoms with Crippen molar-refractivity contribution in [2.45, 2.75) is 52.6 Å². The van der Waals surface area contributed by atoms with Crippen LogP contribution in [0.1, 0.15) is 41.0 Å². The summed E-state index contributed by atoms with van der Waals surface area (Å²) in [6.45, 7) is 10.5. The Bertz CT molecular complexity index is 210. The number of carbonyl (C=O) groups excluding carboxylic acids is 1. The predicted octanol–water partition coefficient (Wildman–Crippen LogP) is 0.898. The van der Waals surface area contributed by atoms with Crippen molar-refractivity contribution in [1.29, 1.82) is 0 Å². The molecule has 4 nitrogen and oxygen atoms in total. The van der Waals surface area contributed by atoms with Crippen molar-refractivity contribution in [3.8, 4) is 0 Å². The van der Waals surface area contributed by atoms with Crippen LogP contribution < -0.4 is 10.6 Å². The van der Waals surface area contributed by atoms with Gasteiger partial charge in [0.1, 0.15) is 0 Å². The van der Waals surface area contributed by atoms with E-state index in [0.29, 0.717) is 18.9 Å². The van der Waals surface area contributed by atoms with Gasteiger partial charge in [-0.2, -0.15) is 0 Å². The highest BCUT2D eigenvalue weighted by Crippen LogP contribution is 2.05. The Labute approximate surface area is 98.8 Å². The topological polar surface area (TPSA) is 61.4 Å². The van der Waals surface area contributed by atoms with Crippen LogP contribution in [0.4, 0.5) is 0 Å². The van der Waals surface area contributed by atoms with Crippen LogP contribution >= 0.6 is 0 Å². The summed E-state index contributed by atoms with van der Waals surface area (Å²) in [7, 11) is 0. The van der Waals surface area contributed by atoms with Gasteiger partial charge in [-0.1, -0.05) is 13.8 Å². The second-order valence-corrected chi connectivity index (χ2v) is 5.54. The van der Waals surface area contributed by atoms with Gasteiger partial charge in [-0.15, -0.1) is 0 Å². The van der Waals surface area contributed by atoms with Gasteiger partial charge in [-0.25, -0.2) is 0 Å². The van der Waals surface area contributed by atoms with Gasteiger partial charge in [0.25, 0.3) is 0 Å². The second-order valence-electron chi connectivity index (χ2n) is 5.54. The van der Waals surface area contributed by atoms with Crippen molar-refractivity contribution in [1.82, 2.24) is 10.6 Å². The van der Waals surface area contributed by atoms with E-state index < -0.39 is 0 Å². The molecule has 3 N–H and O–H groups in total. The van der Waals surface area contributed by atoms with Crippen LogP contribution in [0.5, 0.6) is 0 Å². The van der Waals surface area contributed by atoms with Crippen LogP contribution in [0.2, 0.25) is 0 Å². The number of amides is 1. The van der Waals surface area contributed by atoms with Gasteiger partial charge in [0.2, 0.25) is 5.91 Å². The molecule has 4 heteroatoms. The van der Waals surface area contributed by atoms with E-state index in [1.807, 2.05) is 20.8 Å². The summed E-state index contributed by atoms with van der Waals surface area (Å²) in [5, 5.41) is 15.0. The zero-order valence-electron chi connectivity index (χ0n) is 11.1. The minimum absolute atomic E-state index is 0.00362. The summed E-state index contributed by atoms with van der Waals surface area (Å²) >= 11 is 0. The number of aliphatic hydroxyl groups is 1. The predicted molar refractivity (Wildman–Crippen MR) is 66.2 cm³/mol. The lowest BCUT2D eigenvalue weighted by Crippen LogP contribution is -2.47. The molecule has 1 amide bonds. The zero-order valence-corrected chi connectivity index (χ0v) is 11.1. The summed E-state index contributed by atoms with van der Waals surface area (Å²) in [5.74, 6) is 0.408. The normalized spacial score (nSPS) is 13.9. The Kier molecular flexibility index (Phi) is 6.60. The van der Waals surface area contributed by atoms with Crippen LogP contribution in [-0.4, -0.2) is 35.7 Å². The third-order valence-corrected chi connectivity index (χ3v) is 2.28. The van der Waals surface area contributed by atoms with Gasteiger partial charge < -0.3 is 15.7 Å². The van der Waals surface area contributed by atoms with E-state index in [9.17, 15) is 4.79 Å². The number of carbonyl (C=O) groups is 1. The maximum atomic E-state index is 11.6. The summed E-state index contributed by atoms with van der Waals surface area (Å²) in [4.78, 5) is 11.6. The molecule has 0 bridgehead atoms. The minimum atomic E-state index is -0.191. The second kappa shape index (κ2) is 6.86. The standard InChI is InChI=1S/C12H26N2O2/c1-9(2)10(6-7-15)13-8-11(16)14-12(3,4)5/h9-10,13,15H,6-8H2,1-5H3,(H,14,16). The SMILES string of the molecule is CC(C)C(CCO)NCC(=O)NC(C)(C)C. The minimum Gasteiger partial charge on any atom is -0.396 e. The molecular formula is C12H26N2O2. The van der Waals surface area contributed by atoms with Crippen LogP contribution in [-0.2, 0) is 4.79 Å². The number of nitrogens with one attached hydrogen (secondary N) is 2. The largest absolute Gasteiger partial charge is 0.396 e. The maximum Gasteiger partial charge on any atom is 0.234 e. The summed E-state index contributed by atoms with van der Waals surface area (Å²) in [6.07, 6.45) is 0.681. The van der Waals surface area contributed by atoms with Crippen molar-refractivity contribution in [2.24, 2.45) is 5.92 Å². The van der Waals surface area contributed by atoms with Gasteiger partial charge >= 0.3 is 0 Å². The first-order valence-electron chi connectivity index (χ1n) is 5.91. The van der Waals surface area contributed by atoms with Gasteiger partial charge in [0, 0.05) is 18.2 Å². The van der Waals surface area contributed by atoms with Crippen molar-refractivity contribution < 1.29 is 9.90 Å². The molecule has 0 aliphatic heterocycles. The Morgan fingerprint density at radius 3 is 2.25 bits per heavy atom. The lowest BCUT2D eigenvalue weighted by atomic mass is 10.0. The summed E-state index contributed by atoms with van der Waals surface area (Å²) in [6, 6.07) is 0.190. The number of rotatable bonds is 6. The first-order chi connectivity index (χ1) is 7.26. The molecule has 0 radical (unpaired) electrons. The van der Waals surface area contributed by atoms with E-state index in [1.165, 1.54) is 0 Å². The van der Waals surface area contributed by atoms with E-state index in [1.54, 1.807) is 0 Å². The van der Waals surface area contributed by atoms with Crippen LogP contribution in [0.3, 0.4) is 0 Å². The van der Waals surface area contributed by atoms with Crippen LogP contribution in [0, 0.1) is 5.92 Å². The quantitative estimate of drug-likeness (QED) is 0.635. The van der Waals surface area contributed by atoms with Gasteiger partial charge in [0.15, 0.2) is 0 Å². The average molecular weight is 230 g/mol. The van der Waals surface area contributed by atoms with Gasteiger partial charge in [-0.3, -0.25) is 4.79 Å². The fourth-order valence-electron chi connectivity index (χ4n) is 1.50. The smallest absolute Gasteiger partial charge is 0.234 e. The molecule has 0 rings (SSSR count). The molecule has 0 spiro atoms. The molecule has 0 aliphatic rings.